The van der Waals surface area contributed by atoms with E-state index in [2.05, 4.69) is 26.6 Å². The third-order valence-corrected chi connectivity index (χ3v) is 1.84. The zero-order chi connectivity index (χ0) is 10.4. The minimum absolute atomic E-state index is 0.00389. The molecule has 0 bridgehead atoms. The molecule has 1 rings (SSSR count). The van der Waals surface area contributed by atoms with E-state index in [1.165, 1.54) is 6.20 Å². The molecule has 0 aliphatic heterocycles. The van der Waals surface area contributed by atoms with Crippen molar-refractivity contribution < 1.29 is 4.79 Å². The summed E-state index contributed by atoms with van der Waals surface area (Å²) in [6.45, 7) is 1.96. The number of carbonyl (C=O) groups excluding carboxylic acids is 1. The van der Waals surface area contributed by atoms with Gasteiger partial charge in [-0.05, 0) is 6.42 Å². The topological polar surface area (TPSA) is 70.7 Å². The fraction of sp³-hybridized carbons (Fsp3) is 0.444. The number of carbonyl (C=O) groups is 1. The lowest BCUT2D eigenvalue weighted by atomic mass is 10.1. The van der Waals surface area contributed by atoms with E-state index >= 15 is 0 Å². The Morgan fingerprint density at radius 3 is 3.14 bits per heavy atom. The molecule has 74 valence electrons. The fourth-order valence-corrected chi connectivity index (χ4v) is 1.01. The van der Waals surface area contributed by atoms with Gasteiger partial charge >= 0.3 is 0 Å². The summed E-state index contributed by atoms with van der Waals surface area (Å²) in [7, 11) is 0. The molecule has 0 saturated heterocycles. The van der Waals surface area contributed by atoms with E-state index in [-0.39, 0.29) is 17.6 Å². The van der Waals surface area contributed by atoms with E-state index in [0.717, 1.165) is 6.42 Å². The van der Waals surface area contributed by atoms with Crippen molar-refractivity contribution in [1.29, 1.82) is 0 Å². The SMILES string of the molecule is C#CCC(CC)NC(=O)c1cn[nH]n1. The smallest absolute Gasteiger partial charge is 0.273 e. The number of H-pyrrole nitrogens is 1. The largest absolute Gasteiger partial charge is 0.347 e. The van der Waals surface area contributed by atoms with Crippen molar-refractivity contribution in [2.24, 2.45) is 0 Å². The van der Waals surface area contributed by atoms with Crippen molar-refractivity contribution in [2.75, 3.05) is 0 Å². The second kappa shape index (κ2) is 5.02. The number of hydrogen-bond acceptors (Lipinski definition) is 3. The number of hydrogen-bond donors (Lipinski definition) is 2. The van der Waals surface area contributed by atoms with Crippen molar-refractivity contribution >= 4 is 5.91 Å². The van der Waals surface area contributed by atoms with E-state index in [1.807, 2.05) is 6.92 Å². The summed E-state index contributed by atoms with van der Waals surface area (Å²) in [5.74, 6) is 2.26. The highest BCUT2D eigenvalue weighted by Crippen LogP contribution is 1.98. The first kappa shape index (κ1) is 10.3. The van der Waals surface area contributed by atoms with Gasteiger partial charge in [-0.25, -0.2) is 0 Å². The highest BCUT2D eigenvalue weighted by Gasteiger charge is 2.12. The summed E-state index contributed by atoms with van der Waals surface area (Å²) >= 11 is 0. The second-order valence-electron chi connectivity index (χ2n) is 2.84. The van der Waals surface area contributed by atoms with Crippen LogP contribution < -0.4 is 5.32 Å². The number of aromatic amines is 1. The van der Waals surface area contributed by atoms with E-state index in [4.69, 9.17) is 6.42 Å². The Morgan fingerprint density at radius 2 is 2.64 bits per heavy atom. The lowest BCUT2D eigenvalue weighted by Gasteiger charge is -2.12. The Bertz CT molecular complexity index is 325. The molecule has 0 radical (unpaired) electrons. The first-order chi connectivity index (χ1) is 6.77. The first-order valence-electron chi connectivity index (χ1n) is 4.38. The summed E-state index contributed by atoms with van der Waals surface area (Å²) in [4.78, 5) is 11.4. The molecule has 0 saturated carbocycles. The summed E-state index contributed by atoms with van der Waals surface area (Å²) in [5.41, 5.74) is 0.278. The number of amides is 1. The van der Waals surface area contributed by atoms with Crippen LogP contribution >= 0.6 is 0 Å². The van der Waals surface area contributed by atoms with Gasteiger partial charge in [-0.3, -0.25) is 4.79 Å². The molecule has 14 heavy (non-hydrogen) atoms. The Balaban J connectivity index is 2.52. The van der Waals surface area contributed by atoms with Gasteiger partial charge in [-0.15, -0.1) is 12.3 Å². The van der Waals surface area contributed by atoms with Crippen LogP contribution in [0, 0.1) is 12.3 Å². The van der Waals surface area contributed by atoms with Crippen LogP contribution in [0.2, 0.25) is 0 Å². The van der Waals surface area contributed by atoms with Crippen molar-refractivity contribution in [3.63, 3.8) is 0 Å². The highest BCUT2D eigenvalue weighted by molar-refractivity contribution is 5.91. The van der Waals surface area contributed by atoms with Gasteiger partial charge in [0.1, 0.15) is 0 Å². The van der Waals surface area contributed by atoms with Gasteiger partial charge in [0.05, 0.1) is 6.20 Å². The van der Waals surface area contributed by atoms with Gasteiger partial charge in [0.25, 0.3) is 5.91 Å². The van der Waals surface area contributed by atoms with Crippen LogP contribution in [0.4, 0.5) is 0 Å². The maximum Gasteiger partial charge on any atom is 0.273 e. The average Bonchev–Trinajstić information content (AvgIpc) is 2.69. The Kier molecular flexibility index (Phi) is 3.68. The lowest BCUT2D eigenvalue weighted by Crippen LogP contribution is -2.34. The van der Waals surface area contributed by atoms with Gasteiger partial charge in [-0.1, -0.05) is 6.92 Å². The summed E-state index contributed by atoms with van der Waals surface area (Å²) in [6.07, 6.45) is 7.86. The van der Waals surface area contributed by atoms with Gasteiger partial charge in [-0.2, -0.15) is 15.4 Å². The maximum absolute atomic E-state index is 11.4. The van der Waals surface area contributed by atoms with Gasteiger partial charge in [0.15, 0.2) is 5.69 Å². The molecule has 1 amide bonds. The van der Waals surface area contributed by atoms with Crippen molar-refractivity contribution in [1.82, 2.24) is 20.7 Å². The van der Waals surface area contributed by atoms with Crippen LogP contribution in [-0.4, -0.2) is 27.4 Å². The van der Waals surface area contributed by atoms with Crippen LogP contribution in [0.1, 0.15) is 30.3 Å². The van der Waals surface area contributed by atoms with Gasteiger partial charge < -0.3 is 5.32 Å². The molecule has 0 spiro atoms. The van der Waals surface area contributed by atoms with E-state index in [9.17, 15) is 4.79 Å². The predicted molar refractivity (Wildman–Crippen MR) is 51.4 cm³/mol. The Labute approximate surface area is 82.3 Å². The fourth-order valence-electron chi connectivity index (χ4n) is 1.01. The molecule has 1 atom stereocenters. The monoisotopic (exact) mass is 192 g/mol. The molecule has 0 fully saturated rings. The molecule has 0 aromatic carbocycles. The van der Waals surface area contributed by atoms with Gasteiger partial charge in [0, 0.05) is 12.5 Å². The zero-order valence-corrected chi connectivity index (χ0v) is 7.95. The standard InChI is InChI=1S/C9H12N4O/c1-3-5-7(4-2)11-9(14)8-6-10-13-12-8/h1,6-7H,4-5H2,2H3,(H,11,14)(H,10,12,13). The van der Waals surface area contributed by atoms with Crippen molar-refractivity contribution in [3.8, 4) is 12.3 Å². The van der Waals surface area contributed by atoms with Crippen molar-refractivity contribution in [2.45, 2.75) is 25.8 Å². The Morgan fingerprint density at radius 1 is 1.86 bits per heavy atom. The van der Waals surface area contributed by atoms with Crippen LogP contribution in [0.15, 0.2) is 6.20 Å². The first-order valence-corrected chi connectivity index (χ1v) is 4.38. The molecular weight excluding hydrogens is 180 g/mol. The van der Waals surface area contributed by atoms with E-state index < -0.39 is 0 Å². The summed E-state index contributed by atoms with van der Waals surface area (Å²) in [6, 6.07) is 0.00389. The maximum atomic E-state index is 11.4. The van der Waals surface area contributed by atoms with Crippen LogP contribution in [-0.2, 0) is 0 Å². The molecule has 5 heteroatoms. The van der Waals surface area contributed by atoms with Crippen LogP contribution in [0.5, 0.6) is 0 Å². The molecule has 1 aromatic heterocycles. The lowest BCUT2D eigenvalue weighted by molar-refractivity contribution is 0.0931. The molecule has 2 N–H and O–H groups in total. The summed E-state index contributed by atoms with van der Waals surface area (Å²) < 4.78 is 0. The third-order valence-electron chi connectivity index (χ3n) is 1.84. The number of aromatic nitrogens is 3. The highest BCUT2D eigenvalue weighted by atomic mass is 16.2. The Hall–Kier alpha value is -1.83. The second-order valence-corrected chi connectivity index (χ2v) is 2.84. The minimum Gasteiger partial charge on any atom is -0.347 e. The summed E-state index contributed by atoms with van der Waals surface area (Å²) in [5, 5.41) is 12.3. The number of terminal acetylenes is 1. The average molecular weight is 192 g/mol. The number of nitrogens with zero attached hydrogens (tertiary/aromatic N) is 2. The normalized spacial score (nSPS) is 11.7. The van der Waals surface area contributed by atoms with Crippen molar-refractivity contribution in [3.05, 3.63) is 11.9 Å². The molecule has 1 unspecified atom stereocenters. The quantitative estimate of drug-likeness (QED) is 0.675. The van der Waals surface area contributed by atoms with Crippen LogP contribution in [0.3, 0.4) is 0 Å². The molecule has 0 aliphatic rings. The zero-order valence-electron chi connectivity index (χ0n) is 7.95. The van der Waals surface area contributed by atoms with E-state index in [0.29, 0.717) is 6.42 Å². The third kappa shape index (κ3) is 2.59. The minimum atomic E-state index is -0.249. The molecule has 1 aromatic rings. The molecular formula is C9H12N4O. The molecule has 5 nitrogen and oxygen atoms in total. The number of rotatable bonds is 4. The molecule has 0 aliphatic carbocycles. The van der Waals surface area contributed by atoms with Crippen LogP contribution in [0.25, 0.3) is 0 Å². The van der Waals surface area contributed by atoms with E-state index in [1.54, 1.807) is 0 Å². The predicted octanol–water partition coefficient (Wildman–Crippen LogP) is 0.336. The van der Waals surface area contributed by atoms with Gasteiger partial charge in [0.2, 0.25) is 0 Å². The number of nitrogens with one attached hydrogen (secondary N) is 2. The molecule has 1 heterocycles.